The van der Waals surface area contributed by atoms with E-state index in [9.17, 15) is 13.2 Å². The summed E-state index contributed by atoms with van der Waals surface area (Å²) in [5.74, 6) is 0.419. The Balaban J connectivity index is 1.54. The molecule has 3 heterocycles. The number of hydrogen-bond acceptors (Lipinski definition) is 6. The average molecular weight is 387 g/mol. The molecule has 0 saturated carbocycles. The molecule has 0 radical (unpaired) electrons. The second kappa shape index (κ2) is 6.58. The fourth-order valence-electron chi connectivity index (χ4n) is 3.10. The second-order valence-electron chi connectivity index (χ2n) is 6.29. The summed E-state index contributed by atoms with van der Waals surface area (Å²) >= 11 is 0. The Bertz CT molecular complexity index is 1090. The van der Waals surface area contributed by atoms with Gasteiger partial charge in [0.05, 0.1) is 18.2 Å². The van der Waals surface area contributed by atoms with E-state index in [2.05, 4.69) is 10.5 Å². The van der Waals surface area contributed by atoms with Crippen molar-refractivity contribution in [1.82, 2.24) is 5.16 Å². The van der Waals surface area contributed by atoms with E-state index in [0.717, 1.165) is 18.4 Å². The van der Waals surface area contributed by atoms with Crippen LogP contribution in [0, 0.1) is 0 Å². The molecule has 0 bridgehead atoms. The number of amides is 1. The smallest absolute Gasteiger partial charge is 0.277 e. The zero-order valence-electron chi connectivity index (χ0n) is 14.5. The summed E-state index contributed by atoms with van der Waals surface area (Å²) in [6.07, 6.45) is 4.17. The second-order valence-corrected chi connectivity index (χ2v) is 8.20. The summed E-state index contributed by atoms with van der Waals surface area (Å²) < 4.78 is 35.6. The van der Waals surface area contributed by atoms with Gasteiger partial charge in [-0.1, -0.05) is 5.16 Å². The highest BCUT2D eigenvalue weighted by atomic mass is 32.2. The van der Waals surface area contributed by atoms with Gasteiger partial charge in [0.2, 0.25) is 15.8 Å². The standard InChI is InChI=1S/C18H17N3O5S/c1-27(23,24)21-8-2-4-12-10-13(6-7-15(12)21)19-18(22)14-11-17(26-20-14)16-5-3-9-25-16/h3,5-7,9-11H,2,4,8H2,1H3,(H,19,22). The Morgan fingerprint density at radius 1 is 1.22 bits per heavy atom. The summed E-state index contributed by atoms with van der Waals surface area (Å²) in [6, 6.07) is 10.1. The lowest BCUT2D eigenvalue weighted by Crippen LogP contribution is -2.34. The van der Waals surface area contributed by atoms with Crippen LogP contribution in [-0.4, -0.2) is 32.3 Å². The number of nitrogens with zero attached hydrogens (tertiary/aromatic N) is 2. The highest BCUT2D eigenvalue weighted by Gasteiger charge is 2.24. The number of nitrogens with one attached hydrogen (secondary N) is 1. The van der Waals surface area contributed by atoms with E-state index in [0.29, 0.717) is 29.4 Å². The number of sulfonamides is 1. The molecule has 2 aromatic heterocycles. The largest absolute Gasteiger partial charge is 0.461 e. The number of aryl methyl sites for hydroxylation is 1. The first-order valence-corrected chi connectivity index (χ1v) is 10.2. The summed E-state index contributed by atoms with van der Waals surface area (Å²) in [4.78, 5) is 12.4. The molecule has 1 aliphatic heterocycles. The molecule has 0 fully saturated rings. The first-order chi connectivity index (χ1) is 12.9. The van der Waals surface area contributed by atoms with Crippen LogP contribution in [0.1, 0.15) is 22.5 Å². The molecule has 1 aliphatic rings. The number of carbonyl (C=O) groups is 1. The monoisotopic (exact) mass is 387 g/mol. The molecule has 9 heteroatoms. The summed E-state index contributed by atoms with van der Waals surface area (Å²) in [5, 5.41) is 6.53. The van der Waals surface area contributed by atoms with Crippen LogP contribution in [-0.2, 0) is 16.4 Å². The van der Waals surface area contributed by atoms with Gasteiger partial charge in [-0.3, -0.25) is 9.10 Å². The van der Waals surface area contributed by atoms with Gasteiger partial charge in [-0.2, -0.15) is 0 Å². The molecule has 3 aromatic rings. The van der Waals surface area contributed by atoms with Crippen LogP contribution in [0.4, 0.5) is 11.4 Å². The molecular weight excluding hydrogens is 370 g/mol. The van der Waals surface area contributed by atoms with E-state index in [4.69, 9.17) is 8.94 Å². The number of benzene rings is 1. The van der Waals surface area contributed by atoms with Crippen molar-refractivity contribution in [2.75, 3.05) is 22.4 Å². The molecule has 1 N–H and O–H groups in total. The van der Waals surface area contributed by atoms with Gasteiger partial charge in [0.1, 0.15) is 0 Å². The lowest BCUT2D eigenvalue weighted by Gasteiger charge is -2.29. The van der Waals surface area contributed by atoms with Gasteiger partial charge >= 0.3 is 0 Å². The maximum atomic E-state index is 12.4. The van der Waals surface area contributed by atoms with Crippen LogP contribution in [0.5, 0.6) is 0 Å². The predicted octanol–water partition coefficient (Wildman–Crippen LogP) is 2.90. The fourth-order valence-corrected chi connectivity index (χ4v) is 4.09. The Morgan fingerprint density at radius 2 is 2.07 bits per heavy atom. The number of carbonyl (C=O) groups excluding carboxylic acids is 1. The molecular formula is C18H17N3O5S. The van der Waals surface area contributed by atoms with Crippen molar-refractivity contribution in [2.45, 2.75) is 12.8 Å². The van der Waals surface area contributed by atoms with E-state index in [1.54, 1.807) is 30.3 Å². The quantitative estimate of drug-likeness (QED) is 0.738. The maximum absolute atomic E-state index is 12.4. The van der Waals surface area contributed by atoms with Gasteiger partial charge < -0.3 is 14.3 Å². The molecule has 1 aromatic carbocycles. The predicted molar refractivity (Wildman–Crippen MR) is 99.1 cm³/mol. The zero-order valence-corrected chi connectivity index (χ0v) is 15.3. The maximum Gasteiger partial charge on any atom is 0.277 e. The van der Waals surface area contributed by atoms with Gasteiger partial charge in [-0.15, -0.1) is 0 Å². The van der Waals surface area contributed by atoms with Crippen LogP contribution in [0.2, 0.25) is 0 Å². The lowest BCUT2D eigenvalue weighted by molar-refractivity contribution is 0.101. The Hall–Kier alpha value is -3.07. The van der Waals surface area contributed by atoms with E-state index in [1.165, 1.54) is 22.9 Å². The first-order valence-electron chi connectivity index (χ1n) is 8.34. The first kappa shape index (κ1) is 17.3. The molecule has 0 aliphatic carbocycles. The molecule has 0 atom stereocenters. The normalized spacial score (nSPS) is 14.0. The van der Waals surface area contributed by atoms with Crippen molar-refractivity contribution >= 4 is 27.3 Å². The fraction of sp³-hybridized carbons (Fsp3) is 0.222. The number of fused-ring (bicyclic) bond motifs is 1. The summed E-state index contributed by atoms with van der Waals surface area (Å²) in [6.45, 7) is 0.464. The molecule has 1 amide bonds. The summed E-state index contributed by atoms with van der Waals surface area (Å²) in [5.41, 5.74) is 2.22. The van der Waals surface area contributed by atoms with Crippen LogP contribution in [0.25, 0.3) is 11.5 Å². The van der Waals surface area contributed by atoms with Crippen molar-refractivity contribution in [1.29, 1.82) is 0 Å². The van der Waals surface area contributed by atoms with Gasteiger partial charge in [0, 0.05) is 18.3 Å². The number of aromatic nitrogens is 1. The topological polar surface area (TPSA) is 106 Å². The number of rotatable bonds is 4. The minimum absolute atomic E-state index is 0.122. The molecule has 140 valence electrons. The van der Waals surface area contributed by atoms with Crippen molar-refractivity contribution in [3.05, 3.63) is 53.9 Å². The molecule has 0 saturated heterocycles. The van der Waals surface area contributed by atoms with Crippen LogP contribution < -0.4 is 9.62 Å². The van der Waals surface area contributed by atoms with E-state index in [1.807, 2.05) is 0 Å². The van der Waals surface area contributed by atoms with Crippen LogP contribution in [0.3, 0.4) is 0 Å². The Kier molecular flexibility index (Phi) is 4.23. The highest BCUT2D eigenvalue weighted by molar-refractivity contribution is 7.92. The Morgan fingerprint density at radius 3 is 2.81 bits per heavy atom. The third-order valence-corrected chi connectivity index (χ3v) is 5.50. The molecule has 4 rings (SSSR count). The SMILES string of the molecule is CS(=O)(=O)N1CCCc2cc(NC(=O)c3cc(-c4ccco4)on3)ccc21. The van der Waals surface area contributed by atoms with Crippen molar-refractivity contribution in [2.24, 2.45) is 0 Å². The third-order valence-electron chi connectivity index (χ3n) is 4.32. The highest BCUT2D eigenvalue weighted by Crippen LogP contribution is 2.31. The average Bonchev–Trinajstić information content (AvgIpc) is 3.31. The molecule has 0 spiro atoms. The number of anilines is 2. The van der Waals surface area contributed by atoms with Crippen LogP contribution in [0.15, 0.2) is 51.6 Å². The molecule has 0 unspecified atom stereocenters. The van der Waals surface area contributed by atoms with Gasteiger partial charge in [0.15, 0.2) is 11.5 Å². The lowest BCUT2D eigenvalue weighted by atomic mass is 10.0. The van der Waals surface area contributed by atoms with Gasteiger partial charge in [-0.25, -0.2) is 8.42 Å². The molecule has 8 nitrogen and oxygen atoms in total. The van der Waals surface area contributed by atoms with E-state index < -0.39 is 15.9 Å². The number of hydrogen-bond donors (Lipinski definition) is 1. The van der Waals surface area contributed by atoms with E-state index in [-0.39, 0.29) is 5.69 Å². The van der Waals surface area contributed by atoms with E-state index >= 15 is 0 Å². The van der Waals surface area contributed by atoms with Crippen molar-refractivity contribution in [3.8, 4) is 11.5 Å². The third kappa shape index (κ3) is 3.45. The zero-order chi connectivity index (χ0) is 19.0. The Labute approximate surface area is 155 Å². The van der Waals surface area contributed by atoms with Crippen LogP contribution >= 0.6 is 0 Å². The van der Waals surface area contributed by atoms with Crippen molar-refractivity contribution < 1.29 is 22.2 Å². The molecule has 27 heavy (non-hydrogen) atoms. The van der Waals surface area contributed by atoms with Gasteiger partial charge in [0.25, 0.3) is 5.91 Å². The summed E-state index contributed by atoms with van der Waals surface area (Å²) in [7, 11) is -3.32. The van der Waals surface area contributed by atoms with Crippen molar-refractivity contribution in [3.63, 3.8) is 0 Å². The number of furan rings is 1. The minimum Gasteiger partial charge on any atom is -0.461 e. The minimum atomic E-state index is -3.32. The van der Waals surface area contributed by atoms with Gasteiger partial charge in [-0.05, 0) is 48.7 Å².